The summed E-state index contributed by atoms with van der Waals surface area (Å²) in [5, 5.41) is 6.01. The third kappa shape index (κ3) is 8.14. The molecule has 0 aliphatic heterocycles. The van der Waals surface area contributed by atoms with Gasteiger partial charge in [-0.05, 0) is 38.1 Å². The van der Waals surface area contributed by atoms with Gasteiger partial charge >= 0.3 is 6.18 Å². The van der Waals surface area contributed by atoms with Crippen molar-refractivity contribution >= 4 is 5.96 Å². The summed E-state index contributed by atoms with van der Waals surface area (Å²) in [6.07, 6.45) is -4.20. The Balaban J connectivity index is 2.52. The molecule has 136 valence electrons. The molecule has 0 bridgehead atoms. The van der Waals surface area contributed by atoms with Gasteiger partial charge in [0.15, 0.2) is 5.96 Å². The average molecular weight is 348 g/mol. The Labute approximate surface area is 139 Å². The molecular formula is C16H24F4N4. The van der Waals surface area contributed by atoms with Crippen molar-refractivity contribution in [2.75, 3.05) is 33.2 Å². The van der Waals surface area contributed by atoms with E-state index in [0.717, 1.165) is 5.56 Å². The highest BCUT2D eigenvalue weighted by atomic mass is 19.4. The van der Waals surface area contributed by atoms with E-state index in [9.17, 15) is 17.6 Å². The van der Waals surface area contributed by atoms with Crippen LogP contribution in [-0.4, -0.2) is 50.3 Å². The fourth-order valence-corrected chi connectivity index (χ4v) is 2.07. The van der Waals surface area contributed by atoms with Gasteiger partial charge in [-0.1, -0.05) is 12.1 Å². The SMILES string of the molecule is CCNC(=NCc1ccc(F)c(C)c1)NCCN(C)CC(F)(F)F. The number of aryl methyl sites for hydroxylation is 1. The highest BCUT2D eigenvalue weighted by Crippen LogP contribution is 2.15. The smallest absolute Gasteiger partial charge is 0.357 e. The molecule has 4 nitrogen and oxygen atoms in total. The molecular weight excluding hydrogens is 324 g/mol. The van der Waals surface area contributed by atoms with Crippen LogP contribution in [0.5, 0.6) is 0 Å². The first-order valence-electron chi connectivity index (χ1n) is 7.73. The summed E-state index contributed by atoms with van der Waals surface area (Å²) in [5.41, 5.74) is 1.41. The van der Waals surface area contributed by atoms with E-state index in [-0.39, 0.29) is 12.4 Å². The maximum absolute atomic E-state index is 13.2. The lowest BCUT2D eigenvalue weighted by Crippen LogP contribution is -2.42. The van der Waals surface area contributed by atoms with Crippen LogP contribution in [-0.2, 0) is 6.54 Å². The van der Waals surface area contributed by atoms with E-state index in [1.165, 1.54) is 18.0 Å². The van der Waals surface area contributed by atoms with Crippen LogP contribution >= 0.6 is 0 Å². The highest BCUT2D eigenvalue weighted by Gasteiger charge is 2.28. The molecule has 0 heterocycles. The van der Waals surface area contributed by atoms with Gasteiger partial charge in [0.05, 0.1) is 13.1 Å². The minimum absolute atomic E-state index is 0.236. The van der Waals surface area contributed by atoms with Crippen LogP contribution in [0.2, 0.25) is 0 Å². The van der Waals surface area contributed by atoms with Crippen molar-refractivity contribution in [1.29, 1.82) is 0 Å². The van der Waals surface area contributed by atoms with Gasteiger partial charge in [0.2, 0.25) is 0 Å². The Hall–Kier alpha value is -1.83. The van der Waals surface area contributed by atoms with Crippen molar-refractivity contribution in [1.82, 2.24) is 15.5 Å². The van der Waals surface area contributed by atoms with Crippen LogP contribution in [0.25, 0.3) is 0 Å². The minimum Gasteiger partial charge on any atom is -0.357 e. The largest absolute Gasteiger partial charge is 0.401 e. The van der Waals surface area contributed by atoms with Crippen LogP contribution in [0.1, 0.15) is 18.1 Å². The van der Waals surface area contributed by atoms with Crippen molar-refractivity contribution in [3.8, 4) is 0 Å². The average Bonchev–Trinajstić information content (AvgIpc) is 2.46. The number of rotatable bonds is 7. The summed E-state index contributed by atoms with van der Waals surface area (Å²) in [5.74, 6) is 0.250. The normalized spacial score (nSPS) is 12.6. The first-order chi connectivity index (χ1) is 11.2. The quantitative estimate of drug-likeness (QED) is 0.452. The molecule has 0 aliphatic carbocycles. The van der Waals surface area contributed by atoms with E-state index in [1.807, 2.05) is 6.92 Å². The fourth-order valence-electron chi connectivity index (χ4n) is 2.07. The highest BCUT2D eigenvalue weighted by molar-refractivity contribution is 5.79. The van der Waals surface area contributed by atoms with E-state index >= 15 is 0 Å². The van der Waals surface area contributed by atoms with E-state index in [2.05, 4.69) is 15.6 Å². The Morgan fingerprint density at radius 1 is 1.25 bits per heavy atom. The summed E-state index contributed by atoms with van der Waals surface area (Å²) in [6, 6.07) is 4.78. The Morgan fingerprint density at radius 3 is 2.54 bits per heavy atom. The molecule has 24 heavy (non-hydrogen) atoms. The lowest BCUT2D eigenvalue weighted by molar-refractivity contribution is -0.142. The Morgan fingerprint density at radius 2 is 1.96 bits per heavy atom. The molecule has 1 aromatic rings. The number of alkyl halides is 3. The van der Waals surface area contributed by atoms with E-state index in [4.69, 9.17) is 0 Å². The molecule has 0 aromatic heterocycles. The Bertz CT molecular complexity index is 543. The molecule has 0 fully saturated rings. The molecule has 0 aliphatic rings. The number of nitrogens with one attached hydrogen (secondary N) is 2. The summed E-state index contributed by atoms with van der Waals surface area (Å²) in [4.78, 5) is 5.55. The van der Waals surface area contributed by atoms with Crippen LogP contribution in [0.3, 0.4) is 0 Å². The van der Waals surface area contributed by atoms with Crippen LogP contribution in [0, 0.1) is 12.7 Å². The molecule has 0 spiro atoms. The van der Waals surface area contributed by atoms with Gasteiger partial charge in [-0.2, -0.15) is 13.2 Å². The Kier molecular flexibility index (Phi) is 7.97. The number of guanidine groups is 1. The topological polar surface area (TPSA) is 39.7 Å². The fraction of sp³-hybridized carbons (Fsp3) is 0.562. The second-order valence-corrected chi connectivity index (χ2v) is 5.56. The van der Waals surface area contributed by atoms with Crippen molar-refractivity contribution in [2.45, 2.75) is 26.6 Å². The number of likely N-dealkylation sites (N-methyl/N-ethyl adjacent to an activating group) is 1. The summed E-state index contributed by atoms with van der Waals surface area (Å²) in [7, 11) is 1.42. The predicted molar refractivity (Wildman–Crippen MR) is 87.5 cm³/mol. The van der Waals surface area contributed by atoms with Crippen LogP contribution in [0.15, 0.2) is 23.2 Å². The van der Waals surface area contributed by atoms with Crippen molar-refractivity contribution in [2.24, 2.45) is 4.99 Å². The van der Waals surface area contributed by atoms with Gasteiger partial charge in [-0.15, -0.1) is 0 Å². The molecule has 0 atom stereocenters. The molecule has 0 amide bonds. The molecule has 0 radical (unpaired) electrons. The van der Waals surface area contributed by atoms with E-state index in [1.54, 1.807) is 19.1 Å². The summed E-state index contributed by atoms with van der Waals surface area (Å²) < 4.78 is 50.0. The van der Waals surface area contributed by atoms with Gasteiger partial charge in [0.1, 0.15) is 5.82 Å². The molecule has 1 aromatic carbocycles. The lowest BCUT2D eigenvalue weighted by Gasteiger charge is -2.19. The standard InChI is InChI=1S/C16H24F4N4/c1-4-21-15(22-7-8-24(3)11-16(18,19)20)23-10-13-5-6-14(17)12(2)9-13/h5-6,9H,4,7-8,10-11H2,1-3H3,(H2,21,22,23). The number of halogens is 4. The molecule has 0 unspecified atom stereocenters. The van der Waals surface area contributed by atoms with Gasteiger partial charge in [0, 0.05) is 19.6 Å². The maximum Gasteiger partial charge on any atom is 0.401 e. The maximum atomic E-state index is 13.2. The number of hydrogen-bond acceptors (Lipinski definition) is 2. The number of hydrogen-bond donors (Lipinski definition) is 2. The van der Waals surface area contributed by atoms with Crippen molar-refractivity contribution < 1.29 is 17.6 Å². The first-order valence-corrected chi connectivity index (χ1v) is 7.73. The monoisotopic (exact) mass is 348 g/mol. The summed E-state index contributed by atoms with van der Waals surface area (Å²) >= 11 is 0. The third-order valence-electron chi connectivity index (χ3n) is 3.22. The van der Waals surface area contributed by atoms with Crippen molar-refractivity contribution in [3.05, 3.63) is 35.1 Å². The second-order valence-electron chi connectivity index (χ2n) is 5.56. The van der Waals surface area contributed by atoms with Crippen LogP contribution in [0.4, 0.5) is 17.6 Å². The number of nitrogens with zero attached hydrogens (tertiary/aromatic N) is 2. The molecule has 1 rings (SSSR count). The van der Waals surface area contributed by atoms with Gasteiger partial charge in [-0.3, -0.25) is 4.90 Å². The van der Waals surface area contributed by atoms with Gasteiger partial charge in [-0.25, -0.2) is 9.38 Å². The van der Waals surface area contributed by atoms with E-state index in [0.29, 0.717) is 31.2 Å². The summed E-state index contributed by atoms with van der Waals surface area (Å²) in [6.45, 7) is 4.19. The van der Waals surface area contributed by atoms with Crippen molar-refractivity contribution in [3.63, 3.8) is 0 Å². The van der Waals surface area contributed by atoms with E-state index < -0.39 is 12.7 Å². The zero-order valence-electron chi connectivity index (χ0n) is 14.2. The zero-order chi connectivity index (χ0) is 18.2. The van der Waals surface area contributed by atoms with Gasteiger partial charge in [0.25, 0.3) is 0 Å². The van der Waals surface area contributed by atoms with Crippen LogP contribution < -0.4 is 10.6 Å². The predicted octanol–water partition coefficient (Wildman–Crippen LogP) is 2.68. The number of aliphatic imine (C=N–C) groups is 1. The lowest BCUT2D eigenvalue weighted by atomic mass is 10.1. The molecule has 8 heteroatoms. The second kappa shape index (κ2) is 9.46. The number of benzene rings is 1. The third-order valence-corrected chi connectivity index (χ3v) is 3.22. The van der Waals surface area contributed by atoms with Gasteiger partial charge < -0.3 is 10.6 Å². The first kappa shape index (κ1) is 20.2. The molecule has 2 N–H and O–H groups in total. The minimum atomic E-state index is -4.20. The molecule has 0 saturated heterocycles. The molecule has 0 saturated carbocycles. The zero-order valence-corrected chi connectivity index (χ0v) is 14.2.